The van der Waals surface area contributed by atoms with Crippen LogP contribution in [0.15, 0.2) is 22.7 Å². The van der Waals surface area contributed by atoms with Crippen LogP contribution in [0.2, 0.25) is 0 Å². The Morgan fingerprint density at radius 3 is 2.70 bits per heavy atom. The number of halogens is 1. The van der Waals surface area contributed by atoms with Gasteiger partial charge in [0.1, 0.15) is 0 Å². The van der Waals surface area contributed by atoms with Crippen LogP contribution >= 0.6 is 15.9 Å². The number of sulfone groups is 1. The van der Waals surface area contributed by atoms with Crippen molar-refractivity contribution in [3.05, 3.63) is 38.3 Å². The van der Waals surface area contributed by atoms with E-state index in [0.29, 0.717) is 17.4 Å². The zero-order chi connectivity index (χ0) is 15.0. The summed E-state index contributed by atoms with van der Waals surface area (Å²) in [5.41, 5.74) is 0.299. The van der Waals surface area contributed by atoms with Gasteiger partial charge in [-0.05, 0) is 25.0 Å². The van der Waals surface area contributed by atoms with Gasteiger partial charge in [-0.1, -0.05) is 15.9 Å². The monoisotopic (exact) mass is 362 g/mol. The molecule has 1 aliphatic rings. The van der Waals surface area contributed by atoms with Gasteiger partial charge in [0.25, 0.3) is 5.69 Å². The van der Waals surface area contributed by atoms with Crippen molar-refractivity contribution in [1.29, 1.82) is 0 Å². The highest BCUT2D eigenvalue weighted by Gasteiger charge is 2.37. The third kappa shape index (κ3) is 3.77. The fourth-order valence-electron chi connectivity index (χ4n) is 2.31. The van der Waals surface area contributed by atoms with Crippen LogP contribution in [0.4, 0.5) is 5.69 Å². The van der Waals surface area contributed by atoms with Crippen LogP contribution in [0.25, 0.3) is 0 Å². The number of nitro benzene ring substituents is 1. The molecular weight excluding hydrogens is 348 g/mol. The molecule has 1 aromatic rings. The lowest BCUT2D eigenvalue weighted by atomic mass is 10.0. The molecule has 2 rings (SSSR count). The largest absolute Gasteiger partial charge is 0.306 e. The zero-order valence-electron chi connectivity index (χ0n) is 10.9. The average molecular weight is 363 g/mol. The summed E-state index contributed by atoms with van der Waals surface area (Å²) in [6.07, 6.45) is 0.561. The van der Waals surface area contributed by atoms with Gasteiger partial charge in [0.2, 0.25) is 0 Å². The van der Waals surface area contributed by atoms with Crippen LogP contribution in [-0.4, -0.2) is 30.4 Å². The molecule has 1 aliphatic heterocycles. The van der Waals surface area contributed by atoms with Crippen molar-refractivity contribution in [2.75, 3.05) is 11.5 Å². The molecule has 1 fully saturated rings. The third-order valence-electron chi connectivity index (χ3n) is 3.38. The van der Waals surface area contributed by atoms with Crippen molar-refractivity contribution in [2.24, 2.45) is 0 Å². The first kappa shape index (κ1) is 15.4. The highest BCUT2D eigenvalue weighted by atomic mass is 79.9. The van der Waals surface area contributed by atoms with E-state index in [4.69, 9.17) is 0 Å². The van der Waals surface area contributed by atoms with Gasteiger partial charge in [-0.15, -0.1) is 0 Å². The van der Waals surface area contributed by atoms with E-state index in [9.17, 15) is 18.5 Å². The molecular formula is C12H15BrN2O4S. The van der Waals surface area contributed by atoms with Gasteiger partial charge < -0.3 is 5.32 Å². The van der Waals surface area contributed by atoms with Crippen LogP contribution in [-0.2, 0) is 16.4 Å². The number of benzene rings is 1. The predicted molar refractivity (Wildman–Crippen MR) is 79.3 cm³/mol. The molecule has 110 valence electrons. The predicted octanol–water partition coefficient (Wildman–Crippen LogP) is 2.02. The maximum Gasteiger partial charge on any atom is 0.270 e. The number of nitro groups is 1. The molecule has 1 aromatic carbocycles. The van der Waals surface area contributed by atoms with Crippen molar-refractivity contribution in [3.63, 3.8) is 0 Å². The van der Waals surface area contributed by atoms with E-state index < -0.39 is 20.3 Å². The first-order valence-electron chi connectivity index (χ1n) is 6.08. The molecule has 0 saturated carbocycles. The van der Waals surface area contributed by atoms with Crippen LogP contribution in [0.5, 0.6) is 0 Å². The lowest BCUT2D eigenvalue weighted by Gasteiger charge is -2.24. The standard InChI is InChI=1S/C12H15BrN2O4S/c1-12(2-3-20(18,19)8-12)14-7-9-4-10(13)6-11(5-9)15(16)17/h4-6,14H,2-3,7-8H2,1H3. The molecule has 1 unspecified atom stereocenters. The summed E-state index contributed by atoms with van der Waals surface area (Å²) >= 11 is 3.24. The second kappa shape index (κ2) is 5.42. The van der Waals surface area contributed by atoms with E-state index in [2.05, 4.69) is 21.2 Å². The molecule has 0 aromatic heterocycles. The Balaban J connectivity index is 2.10. The van der Waals surface area contributed by atoms with Crippen LogP contribution < -0.4 is 5.32 Å². The Morgan fingerprint density at radius 1 is 1.45 bits per heavy atom. The molecule has 0 aliphatic carbocycles. The minimum absolute atomic E-state index is 0.0142. The Labute approximate surface area is 125 Å². The number of hydrogen-bond acceptors (Lipinski definition) is 5. The minimum Gasteiger partial charge on any atom is -0.306 e. The summed E-state index contributed by atoms with van der Waals surface area (Å²) in [4.78, 5) is 10.4. The Kier molecular flexibility index (Phi) is 4.17. The highest BCUT2D eigenvalue weighted by Crippen LogP contribution is 2.25. The van der Waals surface area contributed by atoms with Crippen LogP contribution in [0, 0.1) is 10.1 Å². The molecule has 0 bridgehead atoms. The van der Waals surface area contributed by atoms with Gasteiger partial charge in [0.05, 0.1) is 16.4 Å². The number of rotatable bonds is 4. The van der Waals surface area contributed by atoms with E-state index >= 15 is 0 Å². The lowest BCUT2D eigenvalue weighted by Crippen LogP contribution is -2.42. The second-order valence-electron chi connectivity index (χ2n) is 5.33. The third-order valence-corrected chi connectivity index (χ3v) is 5.74. The summed E-state index contributed by atoms with van der Waals surface area (Å²) in [7, 11) is -2.97. The molecule has 1 heterocycles. The number of non-ortho nitro benzene ring substituents is 1. The van der Waals surface area contributed by atoms with Gasteiger partial charge >= 0.3 is 0 Å². The van der Waals surface area contributed by atoms with E-state index in [1.807, 2.05) is 6.92 Å². The second-order valence-corrected chi connectivity index (χ2v) is 8.43. The molecule has 1 saturated heterocycles. The van der Waals surface area contributed by atoms with Crippen molar-refractivity contribution >= 4 is 31.5 Å². The van der Waals surface area contributed by atoms with Gasteiger partial charge in [-0.25, -0.2) is 8.42 Å². The fraction of sp³-hybridized carbons (Fsp3) is 0.500. The molecule has 1 atom stereocenters. The van der Waals surface area contributed by atoms with Gasteiger partial charge in [-0.3, -0.25) is 10.1 Å². The van der Waals surface area contributed by atoms with Crippen molar-refractivity contribution < 1.29 is 13.3 Å². The zero-order valence-corrected chi connectivity index (χ0v) is 13.3. The number of nitrogens with one attached hydrogen (secondary N) is 1. The normalized spacial score (nSPS) is 24.7. The Bertz CT molecular complexity index is 647. The Morgan fingerprint density at radius 2 is 2.15 bits per heavy atom. The Hall–Kier alpha value is -0.990. The summed E-state index contributed by atoms with van der Waals surface area (Å²) < 4.78 is 23.7. The van der Waals surface area contributed by atoms with Gasteiger partial charge in [0.15, 0.2) is 9.84 Å². The molecule has 8 heteroatoms. The maximum atomic E-state index is 11.5. The fourth-order valence-corrected chi connectivity index (χ4v) is 4.96. The topological polar surface area (TPSA) is 89.3 Å². The quantitative estimate of drug-likeness (QED) is 0.653. The maximum absolute atomic E-state index is 11.5. The summed E-state index contributed by atoms with van der Waals surface area (Å²) in [5, 5.41) is 14.0. The number of nitrogens with zero attached hydrogens (tertiary/aromatic N) is 1. The average Bonchev–Trinajstić information content (AvgIpc) is 2.61. The SMILES string of the molecule is CC1(NCc2cc(Br)cc([N+](=O)[O-])c2)CCS(=O)(=O)C1. The first-order chi connectivity index (χ1) is 9.19. The molecule has 0 amide bonds. The van der Waals surface area contributed by atoms with Gasteiger partial charge in [-0.2, -0.15) is 0 Å². The molecule has 0 radical (unpaired) electrons. The summed E-state index contributed by atoms with van der Waals surface area (Å²) in [6.45, 7) is 2.26. The minimum atomic E-state index is -2.97. The number of hydrogen-bond donors (Lipinski definition) is 1. The molecule has 20 heavy (non-hydrogen) atoms. The lowest BCUT2D eigenvalue weighted by molar-refractivity contribution is -0.385. The van der Waals surface area contributed by atoms with E-state index in [1.165, 1.54) is 12.1 Å². The summed E-state index contributed by atoms with van der Waals surface area (Å²) in [5.74, 6) is 0.297. The molecule has 0 spiro atoms. The van der Waals surface area contributed by atoms with Crippen molar-refractivity contribution in [1.82, 2.24) is 5.32 Å². The van der Waals surface area contributed by atoms with Crippen molar-refractivity contribution in [2.45, 2.75) is 25.4 Å². The summed E-state index contributed by atoms with van der Waals surface area (Å²) in [6, 6.07) is 4.71. The van der Waals surface area contributed by atoms with E-state index in [1.54, 1.807) is 6.07 Å². The van der Waals surface area contributed by atoms with E-state index in [-0.39, 0.29) is 17.2 Å². The van der Waals surface area contributed by atoms with Crippen molar-refractivity contribution in [3.8, 4) is 0 Å². The van der Waals surface area contributed by atoms with E-state index in [0.717, 1.165) is 5.56 Å². The first-order valence-corrected chi connectivity index (χ1v) is 8.70. The molecule has 1 N–H and O–H groups in total. The van der Waals surface area contributed by atoms with Crippen LogP contribution in [0.1, 0.15) is 18.9 Å². The van der Waals surface area contributed by atoms with Gasteiger partial charge in [0, 0.05) is 28.7 Å². The van der Waals surface area contributed by atoms with Crippen LogP contribution in [0.3, 0.4) is 0 Å². The smallest absolute Gasteiger partial charge is 0.270 e. The molecule has 6 nitrogen and oxygen atoms in total. The highest BCUT2D eigenvalue weighted by molar-refractivity contribution is 9.10.